The maximum absolute atomic E-state index is 4.05. The summed E-state index contributed by atoms with van der Waals surface area (Å²) < 4.78 is 0. The molecule has 0 nitrogen and oxygen atoms in total. The van der Waals surface area contributed by atoms with Crippen molar-refractivity contribution in [3.63, 3.8) is 0 Å². The molecule has 2 aliphatic rings. The molecule has 2 rings (SSSR count). The normalized spacial score (nSPS) is 48.6. The van der Waals surface area contributed by atoms with Crippen LogP contribution in [0.15, 0.2) is 12.2 Å². The van der Waals surface area contributed by atoms with Gasteiger partial charge in [0.1, 0.15) is 0 Å². The topological polar surface area (TPSA) is 0 Å². The second-order valence-corrected chi connectivity index (χ2v) is 3.93. The van der Waals surface area contributed by atoms with Crippen LogP contribution in [0.5, 0.6) is 0 Å². The van der Waals surface area contributed by atoms with Crippen molar-refractivity contribution in [3.8, 4) is 0 Å². The monoisotopic (exact) mass is 122 g/mol. The molecular formula is C9H14. The van der Waals surface area contributed by atoms with E-state index in [0.29, 0.717) is 5.41 Å². The molecule has 0 radical (unpaired) electrons. The van der Waals surface area contributed by atoms with Gasteiger partial charge in [-0.05, 0) is 30.6 Å². The minimum absolute atomic E-state index is 0.705. The van der Waals surface area contributed by atoms with E-state index in [2.05, 4.69) is 13.5 Å². The van der Waals surface area contributed by atoms with Crippen molar-refractivity contribution in [2.45, 2.75) is 32.6 Å². The molecule has 2 unspecified atom stereocenters. The van der Waals surface area contributed by atoms with Gasteiger partial charge in [-0.3, -0.25) is 0 Å². The summed E-state index contributed by atoms with van der Waals surface area (Å²) in [6.07, 6.45) is 5.64. The van der Waals surface area contributed by atoms with Crippen LogP contribution in [0.3, 0.4) is 0 Å². The second kappa shape index (κ2) is 1.42. The highest BCUT2D eigenvalue weighted by atomic mass is 14.5. The van der Waals surface area contributed by atoms with Gasteiger partial charge in [0.05, 0.1) is 0 Å². The van der Waals surface area contributed by atoms with Crippen LogP contribution in [0, 0.1) is 11.3 Å². The van der Waals surface area contributed by atoms with E-state index in [1.54, 1.807) is 0 Å². The summed E-state index contributed by atoms with van der Waals surface area (Å²) in [5.74, 6) is 0.914. The first kappa shape index (κ1) is 5.52. The zero-order valence-corrected chi connectivity index (χ0v) is 6.11. The largest absolute Gasteiger partial charge is 0.0995 e. The molecule has 2 aliphatic carbocycles. The molecule has 0 aromatic carbocycles. The van der Waals surface area contributed by atoms with Crippen molar-refractivity contribution < 1.29 is 0 Å². The molecule has 0 saturated heterocycles. The molecule has 2 atom stereocenters. The van der Waals surface area contributed by atoms with E-state index >= 15 is 0 Å². The molecule has 0 bridgehead atoms. The Balaban J connectivity index is 2.21. The molecule has 0 spiro atoms. The van der Waals surface area contributed by atoms with Crippen LogP contribution >= 0.6 is 0 Å². The second-order valence-electron chi connectivity index (χ2n) is 3.93. The number of hydrogen-bond donors (Lipinski definition) is 0. The summed E-state index contributed by atoms with van der Waals surface area (Å²) in [7, 11) is 0. The minimum atomic E-state index is 0.705. The van der Waals surface area contributed by atoms with Crippen LogP contribution in [0.1, 0.15) is 32.6 Å². The molecular weight excluding hydrogens is 108 g/mol. The van der Waals surface area contributed by atoms with Gasteiger partial charge in [-0.25, -0.2) is 0 Å². The summed E-state index contributed by atoms with van der Waals surface area (Å²) in [6, 6.07) is 0. The van der Waals surface area contributed by atoms with Crippen molar-refractivity contribution in [1.82, 2.24) is 0 Å². The minimum Gasteiger partial charge on any atom is -0.0995 e. The lowest BCUT2D eigenvalue weighted by Crippen LogP contribution is -2.34. The van der Waals surface area contributed by atoms with Crippen molar-refractivity contribution in [2.75, 3.05) is 0 Å². The highest BCUT2D eigenvalue weighted by molar-refractivity contribution is 5.22. The van der Waals surface area contributed by atoms with Crippen molar-refractivity contribution in [3.05, 3.63) is 12.2 Å². The van der Waals surface area contributed by atoms with Gasteiger partial charge in [0.2, 0.25) is 0 Å². The van der Waals surface area contributed by atoms with E-state index in [1.165, 1.54) is 31.3 Å². The highest BCUT2D eigenvalue weighted by Crippen LogP contribution is 2.59. The molecule has 0 aliphatic heterocycles. The first-order valence-corrected chi connectivity index (χ1v) is 3.90. The molecule has 9 heavy (non-hydrogen) atoms. The zero-order valence-electron chi connectivity index (χ0n) is 6.11. The molecule has 0 heterocycles. The Labute approximate surface area is 57.0 Å². The molecule has 50 valence electrons. The maximum Gasteiger partial charge on any atom is -0.0149 e. The van der Waals surface area contributed by atoms with Crippen LogP contribution in [0.4, 0.5) is 0 Å². The van der Waals surface area contributed by atoms with E-state index in [1.807, 2.05) is 0 Å². The molecule has 0 N–H and O–H groups in total. The van der Waals surface area contributed by atoms with Crippen LogP contribution in [0.2, 0.25) is 0 Å². The van der Waals surface area contributed by atoms with Gasteiger partial charge in [0.15, 0.2) is 0 Å². The summed E-state index contributed by atoms with van der Waals surface area (Å²) in [5, 5.41) is 0. The van der Waals surface area contributed by atoms with Crippen molar-refractivity contribution in [2.24, 2.45) is 11.3 Å². The fraction of sp³-hybridized carbons (Fsp3) is 0.778. The summed E-state index contributed by atoms with van der Waals surface area (Å²) in [6.45, 7) is 6.46. The number of hydrogen-bond acceptors (Lipinski definition) is 0. The first-order valence-electron chi connectivity index (χ1n) is 3.90. The van der Waals surface area contributed by atoms with Gasteiger partial charge in [0.25, 0.3) is 0 Å². The van der Waals surface area contributed by atoms with Gasteiger partial charge in [-0.2, -0.15) is 0 Å². The van der Waals surface area contributed by atoms with Crippen LogP contribution in [-0.4, -0.2) is 0 Å². The average Bonchev–Trinajstić information content (AvgIpc) is 2.06. The van der Waals surface area contributed by atoms with Gasteiger partial charge in [-0.15, -0.1) is 0 Å². The Bertz CT molecular complexity index is 157. The lowest BCUT2D eigenvalue weighted by Gasteiger charge is -2.44. The predicted octanol–water partition coefficient (Wildman–Crippen LogP) is 2.75. The van der Waals surface area contributed by atoms with Gasteiger partial charge < -0.3 is 0 Å². The van der Waals surface area contributed by atoms with E-state index in [-0.39, 0.29) is 0 Å². The Hall–Kier alpha value is -0.260. The number of rotatable bonds is 0. The van der Waals surface area contributed by atoms with Crippen LogP contribution in [0.25, 0.3) is 0 Å². The zero-order chi connectivity index (χ0) is 6.48. The molecule has 0 amide bonds. The lowest BCUT2D eigenvalue weighted by molar-refractivity contribution is 0.171. The fourth-order valence-corrected chi connectivity index (χ4v) is 2.65. The Kier molecular flexibility index (Phi) is 0.870. The van der Waals surface area contributed by atoms with E-state index in [0.717, 1.165) is 5.92 Å². The maximum atomic E-state index is 4.05. The fourth-order valence-electron chi connectivity index (χ4n) is 2.65. The molecule has 2 fully saturated rings. The first-order chi connectivity index (χ1) is 4.22. The summed E-state index contributed by atoms with van der Waals surface area (Å²) in [5.41, 5.74) is 2.23. The number of allylic oxidation sites excluding steroid dienone is 1. The van der Waals surface area contributed by atoms with Crippen LogP contribution in [-0.2, 0) is 0 Å². The van der Waals surface area contributed by atoms with Gasteiger partial charge in [-0.1, -0.05) is 25.5 Å². The van der Waals surface area contributed by atoms with E-state index < -0.39 is 0 Å². The Morgan fingerprint density at radius 3 is 2.89 bits per heavy atom. The van der Waals surface area contributed by atoms with Gasteiger partial charge >= 0.3 is 0 Å². The predicted molar refractivity (Wildman–Crippen MR) is 39.2 cm³/mol. The molecule has 0 aromatic rings. The third kappa shape index (κ3) is 0.540. The summed E-state index contributed by atoms with van der Waals surface area (Å²) >= 11 is 0. The van der Waals surface area contributed by atoms with E-state index in [9.17, 15) is 0 Å². The quantitative estimate of drug-likeness (QED) is 0.433. The number of fused-ring (bicyclic) bond motifs is 1. The standard InChI is InChI=1S/C9H14/c1-7-6-9(2)5-3-4-8(7)9/h8H,1,3-6H2,2H3. The lowest BCUT2D eigenvalue weighted by atomic mass is 9.61. The Morgan fingerprint density at radius 2 is 2.44 bits per heavy atom. The molecule has 0 aromatic heterocycles. The SMILES string of the molecule is C=C1CC2(C)CCCC12. The third-order valence-corrected chi connectivity index (χ3v) is 3.21. The molecule has 0 heteroatoms. The van der Waals surface area contributed by atoms with E-state index in [4.69, 9.17) is 0 Å². The average molecular weight is 122 g/mol. The van der Waals surface area contributed by atoms with Gasteiger partial charge in [0, 0.05) is 0 Å². The van der Waals surface area contributed by atoms with Crippen LogP contribution < -0.4 is 0 Å². The summed E-state index contributed by atoms with van der Waals surface area (Å²) in [4.78, 5) is 0. The molecule has 2 saturated carbocycles. The van der Waals surface area contributed by atoms with Crippen molar-refractivity contribution >= 4 is 0 Å². The smallest absolute Gasteiger partial charge is 0.0149 e. The van der Waals surface area contributed by atoms with Crippen molar-refractivity contribution in [1.29, 1.82) is 0 Å². The third-order valence-electron chi connectivity index (χ3n) is 3.21. The Morgan fingerprint density at radius 1 is 1.67 bits per heavy atom. The highest BCUT2D eigenvalue weighted by Gasteiger charge is 2.48.